The van der Waals surface area contributed by atoms with Crippen molar-refractivity contribution in [3.05, 3.63) is 33.6 Å². The van der Waals surface area contributed by atoms with E-state index in [2.05, 4.69) is 10.6 Å². The topological polar surface area (TPSA) is 58.2 Å². The van der Waals surface area contributed by atoms with Gasteiger partial charge >= 0.3 is 0 Å². The lowest BCUT2D eigenvalue weighted by Gasteiger charge is -2.26. The van der Waals surface area contributed by atoms with Crippen molar-refractivity contribution >= 4 is 35.0 Å². The zero-order valence-corrected chi connectivity index (χ0v) is 12.2. The Hall–Kier alpha value is -1.17. The SMILES string of the molecule is CC(NC1CCC(=O)NC1=O)c1cc(F)c(Cl)cc1Cl. The third-order valence-corrected chi connectivity index (χ3v) is 3.81. The fourth-order valence-corrected chi connectivity index (χ4v) is 2.66. The molecule has 2 rings (SSSR count). The molecule has 0 radical (unpaired) electrons. The highest BCUT2D eigenvalue weighted by atomic mass is 35.5. The predicted octanol–water partition coefficient (Wildman–Crippen LogP) is 2.59. The molecule has 0 aliphatic carbocycles. The largest absolute Gasteiger partial charge is 0.299 e. The first kappa shape index (κ1) is 15.2. The van der Waals surface area contributed by atoms with Crippen molar-refractivity contribution < 1.29 is 14.0 Å². The van der Waals surface area contributed by atoms with Crippen molar-refractivity contribution in [2.45, 2.75) is 31.8 Å². The Labute approximate surface area is 125 Å². The van der Waals surface area contributed by atoms with E-state index in [0.29, 0.717) is 17.0 Å². The molecule has 0 saturated carbocycles. The monoisotopic (exact) mass is 318 g/mol. The standard InChI is InChI=1S/C13H13Cl2FN2O2/c1-6(7-4-10(16)9(15)5-8(7)14)17-11-2-3-12(19)18-13(11)20/h4-6,11,17H,2-3H2,1H3,(H,18,19,20). The van der Waals surface area contributed by atoms with Crippen LogP contribution in [0.1, 0.15) is 31.4 Å². The van der Waals surface area contributed by atoms with Crippen LogP contribution in [0.15, 0.2) is 12.1 Å². The van der Waals surface area contributed by atoms with Crippen LogP contribution in [-0.4, -0.2) is 17.9 Å². The van der Waals surface area contributed by atoms with Crippen LogP contribution in [0.3, 0.4) is 0 Å². The number of rotatable bonds is 3. The molecule has 20 heavy (non-hydrogen) atoms. The molecule has 1 aliphatic rings. The van der Waals surface area contributed by atoms with Crippen molar-refractivity contribution in [1.82, 2.24) is 10.6 Å². The van der Waals surface area contributed by atoms with Crippen LogP contribution in [0, 0.1) is 5.82 Å². The number of amides is 2. The van der Waals surface area contributed by atoms with Gasteiger partial charge < -0.3 is 0 Å². The van der Waals surface area contributed by atoms with Crippen molar-refractivity contribution in [3.63, 3.8) is 0 Å². The summed E-state index contributed by atoms with van der Waals surface area (Å²) in [4.78, 5) is 22.7. The molecule has 0 aromatic heterocycles. The molecule has 2 unspecified atom stereocenters. The van der Waals surface area contributed by atoms with Gasteiger partial charge in [-0.2, -0.15) is 0 Å². The summed E-state index contributed by atoms with van der Waals surface area (Å²) in [6.07, 6.45) is 0.682. The number of halogens is 3. The maximum absolute atomic E-state index is 13.5. The van der Waals surface area contributed by atoms with Crippen molar-refractivity contribution in [3.8, 4) is 0 Å². The van der Waals surface area contributed by atoms with Gasteiger partial charge in [0.25, 0.3) is 0 Å². The summed E-state index contributed by atoms with van der Waals surface area (Å²) in [6, 6.07) is 1.72. The van der Waals surface area contributed by atoms with Crippen molar-refractivity contribution in [2.75, 3.05) is 0 Å². The van der Waals surface area contributed by atoms with Gasteiger partial charge in [0.05, 0.1) is 11.1 Å². The summed E-state index contributed by atoms with van der Waals surface area (Å²) in [5.74, 6) is -1.22. The van der Waals surface area contributed by atoms with E-state index in [-0.39, 0.29) is 29.3 Å². The second-order valence-electron chi connectivity index (χ2n) is 4.68. The number of nitrogens with one attached hydrogen (secondary N) is 2. The van der Waals surface area contributed by atoms with Gasteiger partial charge in [0.2, 0.25) is 11.8 Å². The van der Waals surface area contributed by atoms with Gasteiger partial charge in [-0.05, 0) is 31.0 Å². The number of imide groups is 1. The Balaban J connectivity index is 2.12. The molecule has 0 spiro atoms. The molecule has 7 heteroatoms. The number of piperidine rings is 1. The van der Waals surface area contributed by atoms with E-state index in [1.165, 1.54) is 12.1 Å². The number of carbonyl (C=O) groups excluding carboxylic acids is 2. The molecule has 2 amide bonds. The Morgan fingerprint density at radius 3 is 2.70 bits per heavy atom. The number of carbonyl (C=O) groups is 2. The van der Waals surface area contributed by atoms with Crippen LogP contribution in [0.5, 0.6) is 0 Å². The molecular formula is C13H13Cl2FN2O2. The molecule has 1 saturated heterocycles. The van der Waals surface area contributed by atoms with Gasteiger partial charge in [-0.1, -0.05) is 23.2 Å². The first-order valence-electron chi connectivity index (χ1n) is 6.12. The zero-order chi connectivity index (χ0) is 14.9. The molecule has 2 atom stereocenters. The molecule has 108 valence electrons. The van der Waals surface area contributed by atoms with Crippen LogP contribution in [0.25, 0.3) is 0 Å². The molecule has 1 fully saturated rings. The lowest BCUT2D eigenvalue weighted by molar-refractivity contribution is -0.134. The normalized spacial score (nSPS) is 20.7. The maximum atomic E-state index is 13.5. The molecule has 2 N–H and O–H groups in total. The molecule has 1 aliphatic heterocycles. The number of hydrogen-bond donors (Lipinski definition) is 2. The first-order valence-corrected chi connectivity index (χ1v) is 6.88. The molecule has 4 nitrogen and oxygen atoms in total. The van der Waals surface area contributed by atoms with Crippen LogP contribution >= 0.6 is 23.2 Å². The van der Waals surface area contributed by atoms with Gasteiger partial charge in [-0.25, -0.2) is 4.39 Å². The van der Waals surface area contributed by atoms with Crippen LogP contribution in [0.4, 0.5) is 4.39 Å². The highest BCUT2D eigenvalue weighted by Crippen LogP contribution is 2.29. The smallest absolute Gasteiger partial charge is 0.243 e. The number of benzene rings is 1. The van der Waals surface area contributed by atoms with E-state index in [1.807, 2.05) is 0 Å². The molecule has 1 aromatic rings. The average molecular weight is 319 g/mol. The maximum Gasteiger partial charge on any atom is 0.243 e. The summed E-state index contributed by atoms with van der Waals surface area (Å²) < 4.78 is 13.5. The Morgan fingerprint density at radius 2 is 2.05 bits per heavy atom. The van der Waals surface area contributed by atoms with E-state index in [9.17, 15) is 14.0 Å². The Kier molecular flexibility index (Phi) is 4.62. The second kappa shape index (κ2) is 6.08. The number of hydrogen-bond acceptors (Lipinski definition) is 3. The zero-order valence-electron chi connectivity index (χ0n) is 10.7. The van der Waals surface area contributed by atoms with Gasteiger partial charge in [0, 0.05) is 17.5 Å². The molecule has 1 aromatic carbocycles. The van der Waals surface area contributed by atoms with Crippen molar-refractivity contribution in [1.29, 1.82) is 0 Å². The average Bonchev–Trinajstić information content (AvgIpc) is 2.37. The van der Waals surface area contributed by atoms with E-state index in [0.717, 1.165) is 0 Å². The lowest BCUT2D eigenvalue weighted by atomic mass is 10.0. The fourth-order valence-electron chi connectivity index (χ4n) is 2.11. The van der Waals surface area contributed by atoms with Gasteiger partial charge in [0.15, 0.2) is 0 Å². The summed E-state index contributed by atoms with van der Waals surface area (Å²) in [7, 11) is 0. The Morgan fingerprint density at radius 1 is 1.35 bits per heavy atom. The van der Waals surface area contributed by atoms with E-state index in [1.54, 1.807) is 6.92 Å². The highest BCUT2D eigenvalue weighted by molar-refractivity contribution is 6.35. The highest BCUT2D eigenvalue weighted by Gasteiger charge is 2.28. The first-order chi connectivity index (χ1) is 9.38. The Bertz CT molecular complexity index is 566. The van der Waals surface area contributed by atoms with Crippen LogP contribution < -0.4 is 10.6 Å². The predicted molar refractivity (Wildman–Crippen MR) is 74.1 cm³/mol. The van der Waals surface area contributed by atoms with E-state index in [4.69, 9.17) is 23.2 Å². The minimum atomic E-state index is -0.567. The van der Waals surface area contributed by atoms with Crippen LogP contribution in [-0.2, 0) is 9.59 Å². The summed E-state index contributed by atoms with van der Waals surface area (Å²) >= 11 is 11.7. The summed E-state index contributed by atoms with van der Waals surface area (Å²) in [5, 5.41) is 5.56. The third kappa shape index (κ3) is 3.29. The van der Waals surface area contributed by atoms with E-state index >= 15 is 0 Å². The molecule has 1 heterocycles. The quantitative estimate of drug-likeness (QED) is 0.665. The third-order valence-electron chi connectivity index (χ3n) is 3.20. The second-order valence-corrected chi connectivity index (χ2v) is 5.49. The summed E-state index contributed by atoms with van der Waals surface area (Å²) in [5.41, 5.74) is 0.512. The van der Waals surface area contributed by atoms with Gasteiger partial charge in [0.1, 0.15) is 5.82 Å². The van der Waals surface area contributed by atoms with Gasteiger partial charge in [-0.15, -0.1) is 0 Å². The summed E-state index contributed by atoms with van der Waals surface area (Å²) in [6.45, 7) is 1.76. The van der Waals surface area contributed by atoms with Crippen molar-refractivity contribution in [2.24, 2.45) is 0 Å². The molecule has 0 bridgehead atoms. The minimum Gasteiger partial charge on any atom is -0.299 e. The van der Waals surface area contributed by atoms with Crippen LogP contribution in [0.2, 0.25) is 10.0 Å². The minimum absolute atomic E-state index is 0.0491. The van der Waals surface area contributed by atoms with Gasteiger partial charge in [-0.3, -0.25) is 20.2 Å². The van der Waals surface area contributed by atoms with E-state index < -0.39 is 11.9 Å². The molecular weight excluding hydrogens is 306 g/mol. The fraction of sp³-hybridized carbons (Fsp3) is 0.385. The lowest BCUT2D eigenvalue weighted by Crippen LogP contribution is -2.51.